The van der Waals surface area contributed by atoms with Crippen molar-refractivity contribution in [2.75, 3.05) is 33.5 Å². The molecule has 0 spiro atoms. The summed E-state index contributed by atoms with van der Waals surface area (Å²) >= 11 is 0. The smallest absolute Gasteiger partial charge is 0.410 e. The molecular formula is C66H82N2O10. The number of oxime groups is 1. The lowest BCUT2D eigenvalue weighted by atomic mass is 9.55. The number of rotatable bonds is 32. The van der Waals surface area contributed by atoms with Crippen LogP contribution in [0.3, 0.4) is 0 Å². The molecule has 0 saturated heterocycles. The Balaban J connectivity index is 1.26. The molecule has 5 aromatic carbocycles. The van der Waals surface area contributed by atoms with Crippen LogP contribution in [0.25, 0.3) is 10.8 Å². The fraction of sp³-hybridized carbons (Fsp3) is 0.470. The van der Waals surface area contributed by atoms with Crippen LogP contribution in [0.4, 0.5) is 4.79 Å². The van der Waals surface area contributed by atoms with Gasteiger partial charge in [-0.05, 0) is 108 Å². The van der Waals surface area contributed by atoms with E-state index in [0.717, 1.165) is 84.3 Å². The molecule has 5 aromatic rings. The Morgan fingerprint density at radius 2 is 1.51 bits per heavy atom. The quantitative estimate of drug-likeness (QED) is 0.0185. The van der Waals surface area contributed by atoms with Gasteiger partial charge in [-0.2, -0.15) is 0 Å². The van der Waals surface area contributed by atoms with Gasteiger partial charge in [0.05, 0.1) is 44.1 Å². The fourth-order valence-corrected chi connectivity index (χ4v) is 12.2. The van der Waals surface area contributed by atoms with Crippen LogP contribution in [0, 0.1) is 17.8 Å². The number of aliphatic hydroxyl groups is 2. The summed E-state index contributed by atoms with van der Waals surface area (Å²) in [5, 5.41) is 27.5. The summed E-state index contributed by atoms with van der Waals surface area (Å²) in [6, 6.07) is 34.5. The maximum absolute atomic E-state index is 15.5. The standard InChI is InChI=1S/C66H82N2O10/c1-4-6-7-8-9-10-11-12-13-23-40-74-65(72)68(45-51-30-24-29-49-27-17-18-31-55(49)51)62-44-59(67-76-47-48-25-15-14-16-26-48)57-42-50(28-19-21-37-69)56(32-20-22-38-70)63-58-43-54(77-53-33-35-60(73-3)52(41-53)46-71)34-36-61(58)78-66(62,64(57)63)75-39-5-2/h5,14-18,24-27,29-31,33-36,41-43,46,50,56,62-64,69-70H,2,4,6-13,19-23,28,32,37-40,44-45,47H2,1,3H3/t50-,56+,62-,63+,64+,66+/m0/s1. The summed E-state index contributed by atoms with van der Waals surface area (Å²) in [5.41, 5.74) is 4.79. The van der Waals surface area contributed by atoms with Crippen molar-refractivity contribution in [3.8, 4) is 23.0 Å². The third-order valence-corrected chi connectivity index (χ3v) is 16.0. The van der Waals surface area contributed by atoms with Gasteiger partial charge in [-0.25, -0.2) is 4.79 Å². The van der Waals surface area contributed by atoms with Crippen molar-refractivity contribution in [1.82, 2.24) is 4.90 Å². The highest BCUT2D eigenvalue weighted by atomic mass is 16.7. The first-order valence-corrected chi connectivity index (χ1v) is 28.8. The lowest BCUT2D eigenvalue weighted by Crippen LogP contribution is -2.70. The molecule has 416 valence electrons. The van der Waals surface area contributed by atoms with E-state index in [4.69, 9.17) is 33.7 Å². The first-order chi connectivity index (χ1) is 38.4. The van der Waals surface area contributed by atoms with E-state index in [1.165, 1.54) is 52.1 Å². The highest BCUT2D eigenvalue weighted by Gasteiger charge is 2.66. The van der Waals surface area contributed by atoms with E-state index in [-0.39, 0.29) is 63.8 Å². The van der Waals surface area contributed by atoms with E-state index < -0.39 is 23.8 Å². The predicted molar refractivity (Wildman–Crippen MR) is 307 cm³/mol. The Kier molecular flexibility index (Phi) is 21.8. The Labute approximate surface area is 462 Å². The first kappa shape index (κ1) is 57.7. The van der Waals surface area contributed by atoms with E-state index in [2.05, 4.69) is 43.8 Å². The van der Waals surface area contributed by atoms with Gasteiger partial charge in [0.1, 0.15) is 35.6 Å². The number of methoxy groups -OCH3 is 1. The van der Waals surface area contributed by atoms with Crippen LogP contribution in [0.1, 0.15) is 149 Å². The van der Waals surface area contributed by atoms with Gasteiger partial charge in [0.25, 0.3) is 0 Å². The number of ether oxygens (including phenoxy) is 5. The maximum Gasteiger partial charge on any atom is 0.410 e. The van der Waals surface area contributed by atoms with Crippen molar-refractivity contribution >= 4 is 28.9 Å². The predicted octanol–water partition coefficient (Wildman–Crippen LogP) is 14.8. The number of allylic oxidation sites excluding steroid dienone is 1. The van der Waals surface area contributed by atoms with Gasteiger partial charge in [0.15, 0.2) is 6.29 Å². The topological polar surface area (TPSA) is 146 Å². The molecule has 0 bridgehead atoms. The SMILES string of the molecule is C=CCO[C@@]12Oc3ccc(Oc4ccc(OC)c(C=O)c4)cc3[C@H]3[C@H](CCCCO)[C@@H](CCCCO)C=C(C(=NOCc4ccccc4)C[C@@H]1N(Cc1cccc4ccccc14)C(=O)OCCCCCCCCCCCC)[C@H]32. The normalized spacial score (nSPS) is 20.7. The first-order valence-electron chi connectivity index (χ1n) is 28.8. The molecule has 0 unspecified atom stereocenters. The van der Waals surface area contributed by atoms with Crippen molar-refractivity contribution < 1.29 is 48.3 Å². The molecule has 6 atom stereocenters. The zero-order chi connectivity index (χ0) is 54.5. The van der Waals surface area contributed by atoms with Crippen LogP contribution >= 0.6 is 0 Å². The van der Waals surface area contributed by atoms with Crippen molar-refractivity contribution in [1.29, 1.82) is 0 Å². The Bertz CT molecular complexity index is 2770. The minimum absolute atomic E-state index is 0.0173. The van der Waals surface area contributed by atoms with Crippen LogP contribution in [0.15, 0.2) is 139 Å². The second kappa shape index (κ2) is 29.5. The van der Waals surface area contributed by atoms with Gasteiger partial charge < -0.3 is 38.7 Å². The monoisotopic (exact) mass is 1060 g/mol. The van der Waals surface area contributed by atoms with Gasteiger partial charge in [0.2, 0.25) is 5.79 Å². The summed E-state index contributed by atoms with van der Waals surface area (Å²) < 4.78 is 33.4. The molecule has 0 radical (unpaired) electrons. The molecule has 2 N–H and O–H groups in total. The third kappa shape index (κ3) is 14.2. The van der Waals surface area contributed by atoms with Crippen LogP contribution in [0.5, 0.6) is 23.0 Å². The van der Waals surface area contributed by atoms with Crippen molar-refractivity contribution in [3.63, 3.8) is 0 Å². The number of benzene rings is 5. The van der Waals surface area contributed by atoms with Crippen molar-refractivity contribution in [3.05, 3.63) is 156 Å². The lowest BCUT2D eigenvalue weighted by molar-refractivity contribution is -0.256. The van der Waals surface area contributed by atoms with E-state index in [1.807, 2.05) is 71.6 Å². The number of aldehydes is 1. The average molecular weight is 1060 g/mol. The van der Waals surface area contributed by atoms with E-state index in [0.29, 0.717) is 47.1 Å². The molecule has 2 aliphatic carbocycles. The maximum atomic E-state index is 15.5. The number of amides is 1. The fourth-order valence-electron chi connectivity index (χ4n) is 12.2. The second-order valence-corrected chi connectivity index (χ2v) is 21.2. The summed E-state index contributed by atoms with van der Waals surface area (Å²) in [5.74, 6) is -0.327. The van der Waals surface area contributed by atoms with E-state index >= 15 is 4.79 Å². The van der Waals surface area contributed by atoms with E-state index in [1.54, 1.807) is 24.3 Å². The molecular weight excluding hydrogens is 981 g/mol. The molecule has 1 heterocycles. The van der Waals surface area contributed by atoms with Gasteiger partial charge in [-0.3, -0.25) is 9.69 Å². The van der Waals surface area contributed by atoms with Gasteiger partial charge in [-0.1, -0.05) is 168 Å². The summed E-state index contributed by atoms with van der Waals surface area (Å²) in [4.78, 5) is 35.8. The largest absolute Gasteiger partial charge is 0.496 e. The third-order valence-electron chi connectivity index (χ3n) is 16.0. The molecule has 1 amide bonds. The average Bonchev–Trinajstić information content (AvgIpc) is 2.99. The zero-order valence-corrected chi connectivity index (χ0v) is 46.0. The van der Waals surface area contributed by atoms with Crippen LogP contribution in [-0.4, -0.2) is 78.6 Å². The molecule has 78 heavy (non-hydrogen) atoms. The lowest BCUT2D eigenvalue weighted by Gasteiger charge is -2.60. The molecule has 1 aliphatic heterocycles. The molecule has 12 nitrogen and oxygen atoms in total. The number of hydrogen-bond donors (Lipinski definition) is 2. The van der Waals surface area contributed by atoms with Crippen LogP contribution in [0.2, 0.25) is 0 Å². The molecule has 12 heteroatoms. The van der Waals surface area contributed by atoms with Gasteiger partial charge in [-0.15, -0.1) is 6.58 Å². The summed E-state index contributed by atoms with van der Waals surface area (Å²) in [6.07, 6.45) is 20.6. The summed E-state index contributed by atoms with van der Waals surface area (Å²) in [7, 11) is 1.53. The van der Waals surface area contributed by atoms with Gasteiger partial charge in [0, 0.05) is 31.1 Å². The molecule has 1 fully saturated rings. The molecule has 3 aliphatic rings. The zero-order valence-electron chi connectivity index (χ0n) is 46.0. The number of nitrogens with zero attached hydrogens (tertiary/aromatic N) is 2. The van der Waals surface area contributed by atoms with Crippen LogP contribution in [-0.2, 0) is 27.5 Å². The van der Waals surface area contributed by atoms with Crippen molar-refractivity contribution in [2.24, 2.45) is 22.9 Å². The number of hydrogen-bond acceptors (Lipinski definition) is 11. The number of carbonyl (C=O) groups excluding carboxylic acids is 2. The second-order valence-electron chi connectivity index (χ2n) is 21.2. The number of unbranched alkanes of at least 4 members (excludes halogenated alkanes) is 11. The van der Waals surface area contributed by atoms with E-state index in [9.17, 15) is 15.0 Å². The number of aliphatic hydroxyl groups excluding tert-OH is 2. The number of fused-ring (bicyclic) bond motifs is 3. The summed E-state index contributed by atoms with van der Waals surface area (Å²) in [6.45, 7) is 7.34. The Morgan fingerprint density at radius 3 is 2.26 bits per heavy atom. The van der Waals surface area contributed by atoms with Crippen LogP contribution < -0.4 is 14.2 Å². The van der Waals surface area contributed by atoms with Gasteiger partial charge >= 0.3 is 6.09 Å². The highest BCUT2D eigenvalue weighted by Crippen LogP contribution is 2.62. The Hall–Kier alpha value is -6.47. The minimum atomic E-state index is -1.51. The Morgan fingerprint density at radius 1 is 0.808 bits per heavy atom. The minimum Gasteiger partial charge on any atom is -0.496 e. The molecule has 1 saturated carbocycles. The highest BCUT2D eigenvalue weighted by molar-refractivity contribution is 6.03. The molecule has 8 rings (SSSR count). The molecule has 0 aromatic heterocycles. The number of carbonyl (C=O) groups is 2. The van der Waals surface area contributed by atoms with Crippen molar-refractivity contribution in [2.45, 2.75) is 147 Å².